The average Bonchev–Trinajstić information content (AvgIpc) is 3.01. The summed E-state index contributed by atoms with van der Waals surface area (Å²) in [4.78, 5) is 20.9. The van der Waals surface area contributed by atoms with Crippen LogP contribution in [0.2, 0.25) is 5.02 Å². The van der Waals surface area contributed by atoms with Crippen LogP contribution in [0.25, 0.3) is 10.9 Å². The number of fused-ring (bicyclic) bond motifs is 1. The Morgan fingerprint density at radius 3 is 2.50 bits per heavy atom. The summed E-state index contributed by atoms with van der Waals surface area (Å²) in [6.07, 6.45) is 6.54. The number of benzene rings is 2. The van der Waals surface area contributed by atoms with Gasteiger partial charge in [0, 0.05) is 42.2 Å². The Kier molecular flexibility index (Phi) is 10.6. The normalized spacial score (nSPS) is 20.9. The predicted molar refractivity (Wildman–Crippen MR) is 168 cm³/mol. The number of piperidine rings is 1. The molecule has 1 amide bonds. The van der Waals surface area contributed by atoms with E-state index in [0.29, 0.717) is 54.4 Å². The van der Waals surface area contributed by atoms with Gasteiger partial charge in [-0.25, -0.2) is 4.98 Å². The molecular formula is C34H44ClN3O4. The minimum atomic E-state index is -0.0764. The first-order valence-corrected chi connectivity index (χ1v) is 15.8. The third kappa shape index (κ3) is 7.36. The van der Waals surface area contributed by atoms with Crippen molar-refractivity contribution in [3.8, 4) is 11.5 Å². The number of para-hydroxylation sites is 1. The van der Waals surface area contributed by atoms with Crippen LogP contribution in [0.4, 0.5) is 0 Å². The zero-order valence-corrected chi connectivity index (χ0v) is 25.9. The van der Waals surface area contributed by atoms with Crippen LogP contribution in [0.3, 0.4) is 0 Å². The van der Waals surface area contributed by atoms with Crippen molar-refractivity contribution in [1.82, 2.24) is 15.2 Å². The Hall–Kier alpha value is -2.87. The molecule has 1 aliphatic heterocycles. The number of pyridine rings is 1. The van der Waals surface area contributed by atoms with Gasteiger partial charge in [-0.1, -0.05) is 29.8 Å². The van der Waals surface area contributed by atoms with Gasteiger partial charge in [-0.15, -0.1) is 0 Å². The molecule has 1 N–H and O–H groups in total. The number of hydrogen-bond acceptors (Lipinski definition) is 6. The van der Waals surface area contributed by atoms with E-state index < -0.39 is 0 Å². The van der Waals surface area contributed by atoms with Gasteiger partial charge < -0.3 is 24.4 Å². The van der Waals surface area contributed by atoms with E-state index >= 15 is 0 Å². The second-order valence-corrected chi connectivity index (χ2v) is 12.3. The van der Waals surface area contributed by atoms with Crippen LogP contribution in [0.1, 0.15) is 74.3 Å². The number of carbonyl (C=O) groups is 1. The van der Waals surface area contributed by atoms with E-state index in [2.05, 4.69) is 31.3 Å². The van der Waals surface area contributed by atoms with Gasteiger partial charge in [-0.3, -0.25) is 4.79 Å². The van der Waals surface area contributed by atoms with E-state index in [9.17, 15) is 4.79 Å². The van der Waals surface area contributed by atoms with Gasteiger partial charge in [0.2, 0.25) is 0 Å². The van der Waals surface area contributed by atoms with Crippen LogP contribution < -0.4 is 14.8 Å². The van der Waals surface area contributed by atoms with Crippen LogP contribution >= 0.6 is 11.6 Å². The molecule has 1 saturated carbocycles. The lowest BCUT2D eigenvalue weighted by atomic mass is 9.79. The molecule has 5 rings (SSSR count). The van der Waals surface area contributed by atoms with Gasteiger partial charge in [0.25, 0.3) is 5.91 Å². The Morgan fingerprint density at radius 2 is 1.81 bits per heavy atom. The zero-order valence-electron chi connectivity index (χ0n) is 25.1. The molecule has 2 aromatic carbocycles. The van der Waals surface area contributed by atoms with Gasteiger partial charge in [-0.2, -0.15) is 0 Å². The molecule has 7 nitrogen and oxygen atoms in total. The molecule has 0 spiro atoms. The van der Waals surface area contributed by atoms with E-state index in [-0.39, 0.29) is 18.0 Å². The molecule has 0 bridgehead atoms. The number of nitrogens with zero attached hydrogens (tertiary/aromatic N) is 2. The summed E-state index contributed by atoms with van der Waals surface area (Å²) in [5.74, 6) is 2.28. The molecule has 226 valence electrons. The Balaban J connectivity index is 1.36. The highest BCUT2D eigenvalue weighted by molar-refractivity contribution is 6.30. The van der Waals surface area contributed by atoms with Gasteiger partial charge in [0.15, 0.2) is 0 Å². The van der Waals surface area contributed by atoms with Gasteiger partial charge in [-0.05, 0) is 101 Å². The first kappa shape index (κ1) is 30.6. The number of amides is 1. The van der Waals surface area contributed by atoms with Crippen molar-refractivity contribution < 1.29 is 19.0 Å². The number of ether oxygens (including phenoxy) is 3. The fourth-order valence-corrected chi connectivity index (χ4v) is 6.53. The maximum atomic E-state index is 14.0. The zero-order chi connectivity index (χ0) is 29.5. The Morgan fingerprint density at radius 1 is 1.02 bits per heavy atom. The van der Waals surface area contributed by atoms with Crippen molar-refractivity contribution in [3.63, 3.8) is 0 Å². The van der Waals surface area contributed by atoms with E-state index in [4.69, 9.17) is 30.8 Å². The highest BCUT2D eigenvalue weighted by Crippen LogP contribution is 2.38. The summed E-state index contributed by atoms with van der Waals surface area (Å²) in [6, 6.07) is 16.1. The van der Waals surface area contributed by atoms with E-state index in [1.807, 2.05) is 35.2 Å². The van der Waals surface area contributed by atoms with E-state index in [0.717, 1.165) is 62.0 Å². The molecule has 0 radical (unpaired) electrons. The fourth-order valence-electron chi connectivity index (χ4n) is 6.40. The molecule has 3 aromatic rings. The molecule has 1 atom stereocenters. The number of hydrogen-bond donors (Lipinski definition) is 1. The third-order valence-electron chi connectivity index (χ3n) is 8.65. The van der Waals surface area contributed by atoms with Crippen LogP contribution in [0.5, 0.6) is 11.5 Å². The summed E-state index contributed by atoms with van der Waals surface area (Å²) in [5, 5.41) is 5.06. The Bertz CT molecular complexity index is 1320. The third-order valence-corrected chi connectivity index (χ3v) is 8.90. The second-order valence-electron chi connectivity index (χ2n) is 11.9. The number of halogens is 1. The molecule has 0 unspecified atom stereocenters. The molecule has 42 heavy (non-hydrogen) atoms. The summed E-state index contributed by atoms with van der Waals surface area (Å²) in [7, 11) is 1.65. The molecule has 1 aliphatic carbocycles. The lowest BCUT2D eigenvalue weighted by Gasteiger charge is -2.37. The van der Waals surface area contributed by atoms with E-state index in [1.54, 1.807) is 13.2 Å². The highest BCUT2D eigenvalue weighted by atomic mass is 35.5. The number of nitrogens with one attached hydrogen (secondary N) is 1. The molecule has 1 aromatic heterocycles. The topological polar surface area (TPSA) is 72.9 Å². The van der Waals surface area contributed by atoms with E-state index in [1.165, 1.54) is 5.56 Å². The maximum absolute atomic E-state index is 14.0. The average molecular weight is 594 g/mol. The molecule has 2 aliphatic rings. The van der Waals surface area contributed by atoms with Gasteiger partial charge in [0.05, 0.1) is 13.2 Å². The molecule has 2 heterocycles. The summed E-state index contributed by atoms with van der Waals surface area (Å²) >= 11 is 6.09. The van der Waals surface area contributed by atoms with Crippen molar-refractivity contribution in [2.45, 2.75) is 70.4 Å². The molecule has 8 heteroatoms. The summed E-state index contributed by atoms with van der Waals surface area (Å²) < 4.78 is 17.8. The summed E-state index contributed by atoms with van der Waals surface area (Å²) in [5.41, 5.74) is 2.42. The number of rotatable bonds is 11. The lowest BCUT2D eigenvalue weighted by molar-refractivity contribution is 0.0567. The molecule has 2 fully saturated rings. The first-order chi connectivity index (χ1) is 20.4. The second kappa shape index (κ2) is 14.5. The van der Waals surface area contributed by atoms with Crippen LogP contribution in [-0.4, -0.2) is 67.9 Å². The number of methoxy groups -OCH3 is 1. The quantitative estimate of drug-likeness (QED) is 0.245. The van der Waals surface area contributed by atoms with Gasteiger partial charge >= 0.3 is 0 Å². The van der Waals surface area contributed by atoms with Crippen molar-refractivity contribution in [1.29, 1.82) is 0 Å². The number of aromatic nitrogens is 1. The van der Waals surface area contributed by atoms with Crippen molar-refractivity contribution in [2.24, 2.45) is 5.92 Å². The predicted octanol–water partition coefficient (Wildman–Crippen LogP) is 6.87. The lowest BCUT2D eigenvalue weighted by Crippen LogP contribution is -2.51. The van der Waals surface area contributed by atoms with Crippen molar-refractivity contribution in [3.05, 3.63) is 64.8 Å². The first-order valence-electron chi connectivity index (χ1n) is 15.4. The van der Waals surface area contributed by atoms with Gasteiger partial charge in [0.1, 0.15) is 29.3 Å². The van der Waals surface area contributed by atoms with Crippen molar-refractivity contribution >= 4 is 28.4 Å². The highest BCUT2D eigenvalue weighted by Gasteiger charge is 2.30. The van der Waals surface area contributed by atoms with Crippen LogP contribution in [0, 0.1) is 5.92 Å². The minimum absolute atomic E-state index is 0.0484. The fraction of sp³-hybridized carbons (Fsp3) is 0.529. The van der Waals surface area contributed by atoms with Crippen LogP contribution in [-0.2, 0) is 4.74 Å². The summed E-state index contributed by atoms with van der Waals surface area (Å²) in [6.45, 7) is 7.38. The number of carbonyl (C=O) groups excluding carboxylic acids is 1. The van der Waals surface area contributed by atoms with Crippen molar-refractivity contribution in [2.75, 3.05) is 40.0 Å². The largest absolute Gasteiger partial charge is 0.491 e. The van der Waals surface area contributed by atoms with Crippen LogP contribution in [0.15, 0.2) is 48.5 Å². The molecular weight excluding hydrogens is 550 g/mol. The monoisotopic (exact) mass is 593 g/mol. The Labute approximate surface area is 254 Å². The minimum Gasteiger partial charge on any atom is -0.491 e. The smallest absolute Gasteiger partial charge is 0.273 e. The SMILES string of the molecule is COCCOc1cc(C(=O)N(C(C)C)[C@@H]2CCCNC2)nc2c(OCC3CCC(c4ccc(Cl)cc4)CC3)cccc12. The standard InChI is InChI=1S/C34H44ClN3O4/c1-23(2)38(28-6-5-17-36-21-28)34(39)30-20-32(41-19-18-40-3)29-7-4-8-31(33(29)37-30)42-22-24-9-11-25(12-10-24)26-13-15-27(35)16-14-26/h4,7-8,13-16,20,23-25,28,36H,5-6,9-12,17-19,21-22H2,1-3H3/t24?,25?,28-/m1/s1. The molecule has 1 saturated heterocycles. The maximum Gasteiger partial charge on any atom is 0.273 e.